The van der Waals surface area contributed by atoms with Crippen molar-refractivity contribution in [1.29, 1.82) is 0 Å². The Hall–Kier alpha value is -3.64. The highest BCUT2D eigenvalue weighted by Crippen LogP contribution is 2.17. The molecule has 7 heteroatoms. The molecule has 0 saturated carbocycles. The summed E-state index contributed by atoms with van der Waals surface area (Å²) in [7, 11) is 0. The van der Waals surface area contributed by atoms with Crippen LogP contribution in [0, 0.1) is 0 Å². The van der Waals surface area contributed by atoms with Crippen LogP contribution in [0.4, 0.5) is 5.82 Å². The van der Waals surface area contributed by atoms with Crippen molar-refractivity contribution in [3.8, 4) is 11.5 Å². The summed E-state index contributed by atoms with van der Waals surface area (Å²) in [6, 6.07) is 17.4. The van der Waals surface area contributed by atoms with Crippen LogP contribution < -0.4 is 14.8 Å². The summed E-state index contributed by atoms with van der Waals surface area (Å²) < 4.78 is 10.6. The van der Waals surface area contributed by atoms with Crippen LogP contribution in [-0.4, -0.2) is 23.5 Å². The van der Waals surface area contributed by atoms with Crippen LogP contribution >= 0.6 is 11.6 Å². The molecule has 3 rings (SSSR count). The number of benzene rings is 2. The number of pyridine rings is 1. The Kier molecular flexibility index (Phi) is 7.19. The maximum absolute atomic E-state index is 11.9. The number of aromatic nitrogens is 1. The average molecular weight is 423 g/mol. The fourth-order valence-electron chi connectivity index (χ4n) is 2.47. The van der Waals surface area contributed by atoms with Crippen molar-refractivity contribution >= 4 is 41.4 Å². The minimum Gasteiger partial charge on any atom is -0.482 e. The topological polar surface area (TPSA) is 77.5 Å². The van der Waals surface area contributed by atoms with Crippen LogP contribution in [0.15, 0.2) is 66.9 Å². The van der Waals surface area contributed by atoms with Crippen molar-refractivity contribution in [2.45, 2.75) is 6.92 Å². The first-order valence-corrected chi connectivity index (χ1v) is 9.46. The van der Waals surface area contributed by atoms with Crippen molar-refractivity contribution < 1.29 is 19.1 Å². The number of amides is 1. The predicted molar refractivity (Wildman–Crippen MR) is 116 cm³/mol. The summed E-state index contributed by atoms with van der Waals surface area (Å²) >= 11 is 5.81. The molecule has 0 spiro atoms. The lowest BCUT2D eigenvalue weighted by molar-refractivity contribution is -0.136. The summed E-state index contributed by atoms with van der Waals surface area (Å²) in [6.45, 7) is 1.23. The van der Waals surface area contributed by atoms with Gasteiger partial charge in [-0.2, -0.15) is 0 Å². The van der Waals surface area contributed by atoms with Gasteiger partial charge in [0.15, 0.2) is 6.61 Å². The summed E-state index contributed by atoms with van der Waals surface area (Å²) in [5, 5.41) is 3.24. The number of anilines is 1. The van der Waals surface area contributed by atoms with Crippen molar-refractivity contribution in [2.75, 3.05) is 11.9 Å². The Morgan fingerprint density at radius 3 is 2.33 bits per heavy atom. The molecule has 0 atom stereocenters. The fourth-order valence-corrected chi connectivity index (χ4v) is 2.60. The summed E-state index contributed by atoms with van der Waals surface area (Å²) in [6.07, 6.45) is 5.43. The second kappa shape index (κ2) is 10.2. The minimum absolute atomic E-state index is 0.174. The molecule has 0 aliphatic rings. The highest BCUT2D eigenvalue weighted by Gasteiger charge is 2.06. The number of nitrogens with one attached hydrogen (secondary N) is 1. The number of hydrogen-bond acceptors (Lipinski definition) is 5. The van der Waals surface area contributed by atoms with E-state index < -0.39 is 5.97 Å². The Labute approximate surface area is 179 Å². The lowest BCUT2D eigenvalue weighted by Gasteiger charge is -2.07. The van der Waals surface area contributed by atoms with Gasteiger partial charge in [-0.05, 0) is 59.7 Å². The first kappa shape index (κ1) is 21.1. The molecule has 0 radical (unpaired) electrons. The number of halogens is 1. The van der Waals surface area contributed by atoms with E-state index in [0.717, 1.165) is 11.1 Å². The van der Waals surface area contributed by atoms with Crippen LogP contribution in [0.25, 0.3) is 12.2 Å². The molecule has 6 nitrogen and oxygen atoms in total. The quantitative estimate of drug-likeness (QED) is 0.435. The van der Waals surface area contributed by atoms with Crippen molar-refractivity contribution in [3.05, 3.63) is 83.0 Å². The molecule has 0 bridgehead atoms. The molecule has 2 aromatic carbocycles. The van der Waals surface area contributed by atoms with Gasteiger partial charge in [0.05, 0.1) is 0 Å². The number of carbonyl (C=O) groups excluding carboxylic acids is 2. The molecule has 0 saturated heterocycles. The molecule has 30 heavy (non-hydrogen) atoms. The first-order valence-electron chi connectivity index (χ1n) is 9.09. The molecule has 1 heterocycles. The lowest BCUT2D eigenvalue weighted by Crippen LogP contribution is -2.17. The zero-order valence-corrected chi connectivity index (χ0v) is 16.9. The monoisotopic (exact) mass is 422 g/mol. The van der Waals surface area contributed by atoms with Gasteiger partial charge in [-0.1, -0.05) is 35.9 Å². The van der Waals surface area contributed by atoms with E-state index in [1.165, 1.54) is 6.92 Å². The minimum atomic E-state index is -0.504. The SMILES string of the molecule is CC(=O)Nc1cc(/C=C/c2ccc(OC(=O)COc3ccc(Cl)cc3)cc2)ccn1. The molecule has 0 aliphatic heterocycles. The second-order valence-corrected chi connectivity index (χ2v) is 6.71. The van der Waals surface area contributed by atoms with E-state index in [9.17, 15) is 9.59 Å². The van der Waals surface area contributed by atoms with Gasteiger partial charge in [0.2, 0.25) is 5.91 Å². The number of rotatable bonds is 7. The second-order valence-electron chi connectivity index (χ2n) is 6.27. The molecule has 3 aromatic rings. The zero-order valence-electron chi connectivity index (χ0n) is 16.2. The highest BCUT2D eigenvalue weighted by molar-refractivity contribution is 6.30. The molecule has 152 valence electrons. The third kappa shape index (κ3) is 6.76. The molecule has 1 amide bonds. The van der Waals surface area contributed by atoms with Crippen LogP contribution in [0.5, 0.6) is 11.5 Å². The molecular formula is C23H19ClN2O4. The lowest BCUT2D eigenvalue weighted by atomic mass is 10.1. The van der Waals surface area contributed by atoms with E-state index in [0.29, 0.717) is 22.3 Å². The summed E-state index contributed by atoms with van der Waals surface area (Å²) in [5.41, 5.74) is 1.81. The van der Waals surface area contributed by atoms with Gasteiger partial charge in [0, 0.05) is 18.1 Å². The Balaban J connectivity index is 1.53. The van der Waals surface area contributed by atoms with Crippen molar-refractivity contribution in [3.63, 3.8) is 0 Å². The van der Waals surface area contributed by atoms with E-state index in [2.05, 4.69) is 10.3 Å². The zero-order chi connectivity index (χ0) is 21.3. The normalized spacial score (nSPS) is 10.6. The standard InChI is InChI=1S/C23H19ClN2O4/c1-16(27)26-22-14-18(12-13-25-22)3-2-17-4-8-21(9-5-17)30-23(28)15-29-20-10-6-19(24)7-11-20/h2-14H,15H2,1H3,(H,25,26,27)/b3-2+. The Morgan fingerprint density at radius 2 is 1.63 bits per heavy atom. The third-order valence-electron chi connectivity index (χ3n) is 3.84. The number of carbonyl (C=O) groups is 2. The fraction of sp³-hybridized carbons (Fsp3) is 0.0870. The first-order chi connectivity index (χ1) is 14.5. The van der Waals surface area contributed by atoms with Gasteiger partial charge in [-0.15, -0.1) is 0 Å². The van der Waals surface area contributed by atoms with Crippen LogP contribution in [0.2, 0.25) is 5.02 Å². The van der Waals surface area contributed by atoms with Gasteiger partial charge in [0.1, 0.15) is 17.3 Å². The summed E-state index contributed by atoms with van der Waals surface area (Å²) in [5.74, 6) is 0.777. The number of hydrogen-bond donors (Lipinski definition) is 1. The molecule has 0 unspecified atom stereocenters. The van der Waals surface area contributed by atoms with Gasteiger partial charge >= 0.3 is 5.97 Å². The molecule has 0 fully saturated rings. The molecule has 0 aliphatic carbocycles. The van der Waals surface area contributed by atoms with E-state index in [4.69, 9.17) is 21.1 Å². The van der Waals surface area contributed by atoms with Gasteiger partial charge in [0.25, 0.3) is 0 Å². The van der Waals surface area contributed by atoms with Crippen molar-refractivity contribution in [1.82, 2.24) is 4.98 Å². The van der Waals surface area contributed by atoms with Crippen LogP contribution in [0.1, 0.15) is 18.1 Å². The van der Waals surface area contributed by atoms with Gasteiger partial charge in [-0.25, -0.2) is 9.78 Å². The van der Waals surface area contributed by atoms with E-state index in [1.54, 1.807) is 48.7 Å². The van der Waals surface area contributed by atoms with Crippen molar-refractivity contribution in [2.24, 2.45) is 0 Å². The molecule has 1 aromatic heterocycles. The van der Waals surface area contributed by atoms with Gasteiger partial charge in [-0.3, -0.25) is 4.79 Å². The Morgan fingerprint density at radius 1 is 0.967 bits per heavy atom. The predicted octanol–water partition coefficient (Wildman–Crippen LogP) is 4.85. The van der Waals surface area contributed by atoms with E-state index in [1.807, 2.05) is 30.4 Å². The van der Waals surface area contributed by atoms with Crippen LogP contribution in [0.3, 0.4) is 0 Å². The summed E-state index contributed by atoms with van der Waals surface area (Å²) in [4.78, 5) is 27.1. The maximum Gasteiger partial charge on any atom is 0.349 e. The largest absolute Gasteiger partial charge is 0.482 e. The number of esters is 1. The Bertz CT molecular complexity index is 1050. The van der Waals surface area contributed by atoms with E-state index in [-0.39, 0.29) is 12.5 Å². The van der Waals surface area contributed by atoms with Crippen LogP contribution in [-0.2, 0) is 9.59 Å². The smallest absolute Gasteiger partial charge is 0.349 e. The number of nitrogens with zero attached hydrogens (tertiary/aromatic N) is 1. The van der Waals surface area contributed by atoms with Gasteiger partial charge < -0.3 is 14.8 Å². The average Bonchev–Trinajstić information content (AvgIpc) is 2.73. The molecular weight excluding hydrogens is 404 g/mol. The third-order valence-corrected chi connectivity index (χ3v) is 4.09. The number of ether oxygens (including phenoxy) is 2. The maximum atomic E-state index is 11.9. The van der Waals surface area contributed by atoms with E-state index >= 15 is 0 Å². The highest BCUT2D eigenvalue weighted by atomic mass is 35.5. The molecule has 1 N–H and O–H groups in total.